The van der Waals surface area contributed by atoms with Crippen molar-refractivity contribution in [2.75, 3.05) is 0 Å². The summed E-state index contributed by atoms with van der Waals surface area (Å²) in [6.45, 7) is 4.41. The van der Waals surface area contributed by atoms with Gasteiger partial charge >= 0.3 is 0 Å². The van der Waals surface area contributed by atoms with Gasteiger partial charge in [0.15, 0.2) is 0 Å². The molecular weight excluding hydrogens is 188 g/mol. The number of hydrogen-bond donors (Lipinski definition) is 0. The normalized spacial score (nSPS) is 13.0. The maximum atomic E-state index is 5.10. The van der Waals surface area contributed by atoms with Crippen molar-refractivity contribution in [1.29, 1.82) is 0 Å². The van der Waals surface area contributed by atoms with Crippen LogP contribution in [0.2, 0.25) is 0 Å². The van der Waals surface area contributed by atoms with E-state index in [1.54, 1.807) is 0 Å². The minimum Gasteiger partial charge on any atom is -0.234 e. The first-order valence-electron chi connectivity index (χ1n) is 6.42. The monoisotopic (exact) mass is 215 g/mol. The largest absolute Gasteiger partial charge is 0.234 e. The van der Waals surface area contributed by atoms with Gasteiger partial charge in [0.1, 0.15) is 7.11 Å². The van der Waals surface area contributed by atoms with Gasteiger partial charge in [0.2, 0.25) is 0 Å². The number of unbranched alkanes of at least 4 members (excludes halogenated alkanes) is 5. The summed E-state index contributed by atoms with van der Waals surface area (Å²) in [4.78, 5) is 9.60. The highest BCUT2D eigenvalue weighted by atomic mass is 17.2. The van der Waals surface area contributed by atoms with E-state index in [2.05, 4.69) is 25.8 Å². The Bertz CT molecular complexity index is 109. The van der Waals surface area contributed by atoms with Gasteiger partial charge in [-0.15, -0.1) is 0 Å². The molecule has 0 aliphatic carbocycles. The summed E-state index contributed by atoms with van der Waals surface area (Å²) in [7, 11) is 3.25. The lowest BCUT2D eigenvalue weighted by atomic mass is 10.0. The molecule has 0 bridgehead atoms. The average molecular weight is 215 g/mol. The van der Waals surface area contributed by atoms with Crippen molar-refractivity contribution in [3.63, 3.8) is 0 Å². The first-order chi connectivity index (χ1) is 7.35. The highest BCUT2D eigenvalue weighted by Crippen LogP contribution is 2.13. The van der Waals surface area contributed by atoms with Crippen molar-refractivity contribution in [2.24, 2.45) is 0 Å². The predicted molar refractivity (Wildman–Crippen MR) is 64.2 cm³/mol. The molecule has 15 heavy (non-hydrogen) atoms. The van der Waals surface area contributed by atoms with E-state index in [0.717, 1.165) is 19.3 Å². The van der Waals surface area contributed by atoms with Crippen molar-refractivity contribution in [1.82, 2.24) is 0 Å². The molecule has 0 aromatic carbocycles. The maximum absolute atomic E-state index is 5.10. The van der Waals surface area contributed by atoms with Crippen molar-refractivity contribution in [2.45, 2.75) is 77.7 Å². The third-order valence-corrected chi connectivity index (χ3v) is 2.69. The van der Waals surface area contributed by atoms with E-state index in [9.17, 15) is 0 Å². The minimum atomic E-state index is 0.249. The van der Waals surface area contributed by atoms with Gasteiger partial charge in [-0.05, 0) is 12.8 Å². The van der Waals surface area contributed by atoms with E-state index in [0.29, 0.717) is 0 Å². The smallest absolute Gasteiger partial charge is 0.109 e. The minimum absolute atomic E-state index is 0.249. The summed E-state index contributed by atoms with van der Waals surface area (Å²) < 4.78 is 0. The Morgan fingerprint density at radius 3 is 2.13 bits per heavy atom. The zero-order valence-corrected chi connectivity index (χ0v) is 10.5. The van der Waals surface area contributed by atoms with Crippen molar-refractivity contribution < 1.29 is 9.78 Å². The topological polar surface area (TPSA) is 18.5 Å². The second-order valence-corrected chi connectivity index (χ2v) is 4.18. The molecule has 91 valence electrons. The lowest BCUT2D eigenvalue weighted by Gasteiger charge is -2.13. The van der Waals surface area contributed by atoms with Gasteiger partial charge in [0.25, 0.3) is 0 Å². The molecule has 2 heteroatoms. The lowest BCUT2D eigenvalue weighted by molar-refractivity contribution is -0.289. The average Bonchev–Trinajstić information content (AvgIpc) is 2.24. The third kappa shape index (κ3) is 10.2. The summed E-state index contributed by atoms with van der Waals surface area (Å²) in [5.74, 6) is 0. The van der Waals surface area contributed by atoms with Gasteiger partial charge < -0.3 is 0 Å². The molecule has 0 aliphatic rings. The number of rotatable bonds is 11. The van der Waals surface area contributed by atoms with Crippen LogP contribution in [0.15, 0.2) is 0 Å². The van der Waals surface area contributed by atoms with Crippen LogP contribution in [0.4, 0.5) is 0 Å². The van der Waals surface area contributed by atoms with Gasteiger partial charge in [-0.3, -0.25) is 0 Å². The van der Waals surface area contributed by atoms with Crippen LogP contribution < -0.4 is 0 Å². The number of hydrogen-bond acceptors (Lipinski definition) is 2. The highest BCUT2D eigenvalue weighted by Gasteiger charge is 2.07. The first kappa shape index (κ1) is 14.9. The van der Waals surface area contributed by atoms with Crippen molar-refractivity contribution in [3.8, 4) is 0 Å². The first-order valence-corrected chi connectivity index (χ1v) is 6.42. The fraction of sp³-hybridized carbons (Fsp3) is 0.923. The van der Waals surface area contributed by atoms with Gasteiger partial charge in [0.05, 0.1) is 6.10 Å². The van der Waals surface area contributed by atoms with Crippen LogP contribution in [0.5, 0.6) is 0 Å². The van der Waals surface area contributed by atoms with E-state index in [-0.39, 0.29) is 6.10 Å². The molecule has 0 fully saturated rings. The van der Waals surface area contributed by atoms with Crippen LogP contribution in [0.3, 0.4) is 0 Å². The zero-order valence-electron chi connectivity index (χ0n) is 10.5. The zero-order chi connectivity index (χ0) is 11.4. The Morgan fingerprint density at radius 1 is 0.867 bits per heavy atom. The molecule has 0 saturated carbocycles. The van der Waals surface area contributed by atoms with E-state index >= 15 is 0 Å². The van der Waals surface area contributed by atoms with Crippen molar-refractivity contribution >= 4 is 0 Å². The van der Waals surface area contributed by atoms with Crippen LogP contribution in [-0.2, 0) is 9.78 Å². The molecule has 0 N–H and O–H groups in total. The Kier molecular flexibility index (Phi) is 11.9. The summed E-state index contributed by atoms with van der Waals surface area (Å²) >= 11 is 0. The quantitative estimate of drug-likeness (QED) is 0.284. The highest BCUT2D eigenvalue weighted by molar-refractivity contribution is 4.56. The molecule has 0 rings (SSSR count). The Labute approximate surface area is 95.3 Å². The third-order valence-electron chi connectivity index (χ3n) is 2.69. The fourth-order valence-electron chi connectivity index (χ4n) is 1.81. The van der Waals surface area contributed by atoms with Crippen LogP contribution in [0.1, 0.15) is 71.6 Å². The van der Waals surface area contributed by atoms with Crippen LogP contribution in [0.25, 0.3) is 0 Å². The second kappa shape index (κ2) is 12.0. The Morgan fingerprint density at radius 2 is 1.53 bits per heavy atom. The van der Waals surface area contributed by atoms with E-state index in [1.807, 2.05) is 0 Å². The fourth-order valence-corrected chi connectivity index (χ4v) is 1.81. The Balaban J connectivity index is 3.28. The Hall–Kier alpha value is -0.0800. The summed E-state index contributed by atoms with van der Waals surface area (Å²) in [6, 6.07) is 0. The molecule has 1 atom stereocenters. The lowest BCUT2D eigenvalue weighted by Crippen LogP contribution is -2.11. The molecule has 1 unspecified atom stereocenters. The molecule has 1 radical (unpaired) electrons. The van der Waals surface area contributed by atoms with E-state index < -0.39 is 0 Å². The van der Waals surface area contributed by atoms with Crippen LogP contribution >= 0.6 is 0 Å². The summed E-state index contributed by atoms with van der Waals surface area (Å²) in [5, 5.41) is 0. The summed E-state index contributed by atoms with van der Waals surface area (Å²) in [5.41, 5.74) is 0. The molecule has 0 aromatic heterocycles. The van der Waals surface area contributed by atoms with Gasteiger partial charge in [-0.1, -0.05) is 58.8 Å². The van der Waals surface area contributed by atoms with Gasteiger partial charge in [0, 0.05) is 0 Å². The van der Waals surface area contributed by atoms with Crippen molar-refractivity contribution in [3.05, 3.63) is 7.11 Å². The molecule has 0 aliphatic heterocycles. The SMILES string of the molecule is [CH2]OOC(CCC)CCCCCCCC. The maximum Gasteiger partial charge on any atom is 0.109 e. The molecule has 0 heterocycles. The second-order valence-electron chi connectivity index (χ2n) is 4.18. The van der Waals surface area contributed by atoms with Crippen LogP contribution in [0, 0.1) is 7.11 Å². The standard InChI is InChI=1S/C13H27O2/c1-4-6-7-8-9-10-12-13(11-5-2)15-14-3/h13H,3-12H2,1-2H3. The van der Waals surface area contributed by atoms with E-state index in [4.69, 9.17) is 4.89 Å². The molecular formula is C13H27O2. The van der Waals surface area contributed by atoms with Gasteiger partial charge in [-0.25, -0.2) is 9.78 Å². The molecule has 0 spiro atoms. The molecule has 0 saturated heterocycles. The van der Waals surface area contributed by atoms with E-state index in [1.165, 1.54) is 38.5 Å². The van der Waals surface area contributed by atoms with Gasteiger partial charge in [-0.2, -0.15) is 0 Å². The molecule has 0 aromatic rings. The molecule has 2 nitrogen and oxygen atoms in total. The van der Waals surface area contributed by atoms with Crippen LogP contribution in [-0.4, -0.2) is 6.10 Å². The molecule has 0 amide bonds. The summed E-state index contributed by atoms with van der Waals surface area (Å²) in [6.07, 6.45) is 11.6. The predicted octanol–water partition coefficient (Wildman–Crippen LogP) is 4.65.